The van der Waals surface area contributed by atoms with Crippen LogP contribution in [0, 0.1) is 11.3 Å². The van der Waals surface area contributed by atoms with Crippen LogP contribution in [0.3, 0.4) is 0 Å². The molecule has 0 fully saturated rings. The van der Waals surface area contributed by atoms with E-state index in [4.69, 9.17) is 23.2 Å². The molecule has 25 heavy (non-hydrogen) atoms. The van der Waals surface area contributed by atoms with E-state index in [1.807, 2.05) is 0 Å². The standard InChI is InChI=1S/C18H15Cl2N3O2/c1-12(24)23(17-5-3-2-4-14(17)11-21)9-8-22-18(25)13-6-7-15(19)16(20)10-13/h2-7,10H,8-9H2,1H3,(H,22,25). The average Bonchev–Trinajstić information content (AvgIpc) is 2.60. The Kier molecular flexibility index (Phi) is 6.40. The Bertz CT molecular complexity index is 846. The zero-order valence-corrected chi connectivity index (χ0v) is 14.9. The topological polar surface area (TPSA) is 73.2 Å². The van der Waals surface area contributed by atoms with Gasteiger partial charge in [-0.15, -0.1) is 0 Å². The molecule has 0 heterocycles. The molecule has 2 aromatic rings. The fourth-order valence-electron chi connectivity index (χ4n) is 2.27. The number of rotatable bonds is 5. The number of nitrogens with zero attached hydrogens (tertiary/aromatic N) is 2. The minimum absolute atomic E-state index is 0.216. The first kappa shape index (κ1) is 18.8. The molecule has 2 rings (SSSR count). The third kappa shape index (κ3) is 4.72. The molecule has 5 nitrogen and oxygen atoms in total. The monoisotopic (exact) mass is 375 g/mol. The van der Waals surface area contributed by atoms with Crippen molar-refractivity contribution in [2.75, 3.05) is 18.0 Å². The molecular formula is C18H15Cl2N3O2. The maximum Gasteiger partial charge on any atom is 0.251 e. The summed E-state index contributed by atoms with van der Waals surface area (Å²) in [5.74, 6) is -0.540. The predicted molar refractivity (Wildman–Crippen MR) is 98.0 cm³/mol. The van der Waals surface area contributed by atoms with Crippen LogP contribution in [0.15, 0.2) is 42.5 Å². The second-order valence-electron chi connectivity index (χ2n) is 5.18. The molecular weight excluding hydrogens is 361 g/mol. The van der Waals surface area contributed by atoms with Gasteiger partial charge in [0, 0.05) is 25.6 Å². The summed E-state index contributed by atoms with van der Waals surface area (Å²) in [7, 11) is 0. The van der Waals surface area contributed by atoms with Crippen molar-refractivity contribution in [3.63, 3.8) is 0 Å². The van der Waals surface area contributed by atoms with Gasteiger partial charge in [-0.05, 0) is 30.3 Å². The van der Waals surface area contributed by atoms with Gasteiger partial charge in [0.15, 0.2) is 0 Å². The van der Waals surface area contributed by atoms with Gasteiger partial charge in [0.2, 0.25) is 5.91 Å². The van der Waals surface area contributed by atoms with Crippen LogP contribution in [0.1, 0.15) is 22.8 Å². The Hall–Kier alpha value is -2.55. The van der Waals surface area contributed by atoms with Gasteiger partial charge >= 0.3 is 0 Å². The van der Waals surface area contributed by atoms with E-state index in [2.05, 4.69) is 11.4 Å². The normalized spacial score (nSPS) is 10.0. The van der Waals surface area contributed by atoms with Crippen LogP contribution in [0.4, 0.5) is 5.69 Å². The van der Waals surface area contributed by atoms with Crippen molar-refractivity contribution in [3.8, 4) is 6.07 Å². The van der Waals surface area contributed by atoms with Crippen LogP contribution in [0.2, 0.25) is 10.0 Å². The summed E-state index contributed by atoms with van der Waals surface area (Å²) in [6, 6.07) is 13.5. The molecule has 2 aromatic carbocycles. The summed E-state index contributed by atoms with van der Waals surface area (Å²) in [6.07, 6.45) is 0. The zero-order chi connectivity index (χ0) is 18.4. The van der Waals surface area contributed by atoms with E-state index in [0.717, 1.165) is 0 Å². The molecule has 0 atom stereocenters. The van der Waals surface area contributed by atoms with E-state index in [0.29, 0.717) is 26.9 Å². The molecule has 0 aromatic heterocycles. The molecule has 0 aliphatic rings. The molecule has 0 spiro atoms. The van der Waals surface area contributed by atoms with Gasteiger partial charge in [0.1, 0.15) is 6.07 Å². The number of halogens is 2. The summed E-state index contributed by atoms with van der Waals surface area (Å²) in [4.78, 5) is 25.5. The smallest absolute Gasteiger partial charge is 0.251 e. The lowest BCUT2D eigenvalue weighted by Gasteiger charge is -2.22. The molecule has 0 radical (unpaired) electrons. The second kappa shape index (κ2) is 8.52. The van der Waals surface area contributed by atoms with Crippen LogP contribution in [0.5, 0.6) is 0 Å². The van der Waals surface area contributed by atoms with Gasteiger partial charge in [0.25, 0.3) is 5.91 Å². The summed E-state index contributed by atoms with van der Waals surface area (Å²) >= 11 is 11.7. The van der Waals surface area contributed by atoms with Crippen molar-refractivity contribution in [3.05, 3.63) is 63.6 Å². The van der Waals surface area contributed by atoms with Crippen LogP contribution in [-0.2, 0) is 4.79 Å². The van der Waals surface area contributed by atoms with Crippen molar-refractivity contribution >= 4 is 40.7 Å². The fourth-order valence-corrected chi connectivity index (χ4v) is 2.57. The van der Waals surface area contributed by atoms with E-state index in [-0.39, 0.29) is 24.9 Å². The predicted octanol–water partition coefficient (Wildman–Crippen LogP) is 3.65. The van der Waals surface area contributed by atoms with Gasteiger partial charge in [0.05, 0.1) is 21.3 Å². The Balaban J connectivity index is 2.05. The molecule has 0 aliphatic heterocycles. The number of nitriles is 1. The maximum atomic E-state index is 12.2. The van der Waals surface area contributed by atoms with Crippen molar-refractivity contribution < 1.29 is 9.59 Å². The maximum absolute atomic E-state index is 12.2. The minimum atomic E-state index is -0.323. The first-order valence-corrected chi connectivity index (χ1v) is 8.20. The number of hydrogen-bond donors (Lipinski definition) is 1. The van der Waals surface area contributed by atoms with Gasteiger partial charge in [-0.25, -0.2) is 0 Å². The molecule has 1 N–H and O–H groups in total. The largest absolute Gasteiger partial charge is 0.350 e. The van der Waals surface area contributed by atoms with E-state index >= 15 is 0 Å². The number of para-hydroxylation sites is 1. The van der Waals surface area contributed by atoms with Gasteiger partial charge in [-0.1, -0.05) is 35.3 Å². The van der Waals surface area contributed by atoms with Crippen molar-refractivity contribution in [1.82, 2.24) is 5.32 Å². The zero-order valence-electron chi connectivity index (χ0n) is 13.4. The van der Waals surface area contributed by atoms with Gasteiger partial charge in [-0.3, -0.25) is 9.59 Å². The quantitative estimate of drug-likeness (QED) is 0.866. The third-order valence-corrected chi connectivity index (χ3v) is 4.24. The number of nitrogens with one attached hydrogen (secondary N) is 1. The molecule has 128 valence electrons. The lowest BCUT2D eigenvalue weighted by Crippen LogP contribution is -2.38. The van der Waals surface area contributed by atoms with Gasteiger partial charge < -0.3 is 10.2 Å². The molecule has 0 unspecified atom stereocenters. The fraction of sp³-hybridized carbons (Fsp3) is 0.167. The summed E-state index contributed by atoms with van der Waals surface area (Å²) in [6.45, 7) is 1.87. The second-order valence-corrected chi connectivity index (χ2v) is 6.00. The van der Waals surface area contributed by atoms with Crippen molar-refractivity contribution in [2.45, 2.75) is 6.92 Å². The van der Waals surface area contributed by atoms with Crippen molar-refractivity contribution in [2.24, 2.45) is 0 Å². The van der Waals surface area contributed by atoms with Crippen LogP contribution in [-0.4, -0.2) is 24.9 Å². The van der Waals surface area contributed by atoms with E-state index in [9.17, 15) is 14.9 Å². The number of benzene rings is 2. The van der Waals surface area contributed by atoms with Crippen LogP contribution >= 0.6 is 23.2 Å². The molecule has 0 saturated carbocycles. The highest BCUT2D eigenvalue weighted by molar-refractivity contribution is 6.42. The average molecular weight is 376 g/mol. The SMILES string of the molecule is CC(=O)N(CCNC(=O)c1ccc(Cl)c(Cl)c1)c1ccccc1C#N. The summed E-state index contributed by atoms with van der Waals surface area (Å²) in [5, 5.41) is 12.6. The highest BCUT2D eigenvalue weighted by atomic mass is 35.5. The minimum Gasteiger partial charge on any atom is -0.350 e. The summed E-state index contributed by atoms with van der Waals surface area (Å²) < 4.78 is 0. The Labute approximate surface area is 155 Å². The van der Waals surface area contributed by atoms with E-state index in [1.165, 1.54) is 17.9 Å². The number of amides is 2. The Morgan fingerprint density at radius 3 is 2.52 bits per heavy atom. The Morgan fingerprint density at radius 1 is 1.16 bits per heavy atom. The van der Waals surface area contributed by atoms with Crippen LogP contribution < -0.4 is 10.2 Å². The molecule has 0 aliphatic carbocycles. The molecule has 7 heteroatoms. The third-order valence-electron chi connectivity index (χ3n) is 3.50. The number of hydrogen-bond acceptors (Lipinski definition) is 3. The lowest BCUT2D eigenvalue weighted by molar-refractivity contribution is -0.116. The lowest BCUT2D eigenvalue weighted by atomic mass is 10.1. The number of carbonyl (C=O) groups is 2. The molecule has 0 bridgehead atoms. The first-order valence-electron chi connectivity index (χ1n) is 7.44. The van der Waals surface area contributed by atoms with E-state index < -0.39 is 0 Å². The number of anilines is 1. The Morgan fingerprint density at radius 2 is 1.88 bits per heavy atom. The molecule has 2 amide bonds. The summed E-state index contributed by atoms with van der Waals surface area (Å²) in [5.41, 5.74) is 1.29. The van der Waals surface area contributed by atoms with E-state index in [1.54, 1.807) is 36.4 Å². The highest BCUT2D eigenvalue weighted by Crippen LogP contribution is 2.22. The molecule has 0 saturated heterocycles. The number of carbonyl (C=O) groups excluding carboxylic acids is 2. The first-order chi connectivity index (χ1) is 11.9. The van der Waals surface area contributed by atoms with Crippen molar-refractivity contribution in [1.29, 1.82) is 5.26 Å². The van der Waals surface area contributed by atoms with Crippen LogP contribution in [0.25, 0.3) is 0 Å². The van der Waals surface area contributed by atoms with Gasteiger partial charge in [-0.2, -0.15) is 5.26 Å². The highest BCUT2D eigenvalue weighted by Gasteiger charge is 2.15.